The van der Waals surface area contributed by atoms with Crippen LogP contribution in [-0.2, 0) is 5.79 Å². The van der Waals surface area contributed by atoms with Gasteiger partial charge in [-0.3, -0.25) is 5.73 Å². The largest absolute Gasteiger partial charge is 0.458 e. The lowest BCUT2D eigenvalue weighted by Gasteiger charge is -2.31. The maximum atomic E-state index is 13.5. The summed E-state index contributed by atoms with van der Waals surface area (Å²) in [5, 5.41) is 0. The molecule has 0 aliphatic carbocycles. The van der Waals surface area contributed by atoms with Crippen molar-refractivity contribution < 1.29 is 39.5 Å². The molecule has 0 heterocycles. The molecule has 108 valence electrons. The van der Waals surface area contributed by atoms with Gasteiger partial charge < -0.3 is 0 Å². The number of halogens is 9. The van der Waals surface area contributed by atoms with Crippen LogP contribution >= 0.6 is 0 Å². The third kappa shape index (κ3) is 2.36. The Balaban J connectivity index is 3.52. The number of hydrogen-bond acceptors (Lipinski definition) is 1. The zero-order valence-corrected chi connectivity index (χ0v) is 8.63. The van der Waals surface area contributed by atoms with E-state index in [1.54, 1.807) is 0 Å². The van der Waals surface area contributed by atoms with Gasteiger partial charge in [0.25, 0.3) is 5.79 Å². The summed E-state index contributed by atoms with van der Waals surface area (Å²) in [6.45, 7) is 0. The summed E-state index contributed by atoms with van der Waals surface area (Å²) in [6, 6.07) is -0.543. The predicted octanol–water partition coefficient (Wildman–Crippen LogP) is 3.38. The van der Waals surface area contributed by atoms with Gasteiger partial charge in [-0.25, -0.2) is 17.6 Å². The van der Waals surface area contributed by atoms with Crippen LogP contribution in [0.4, 0.5) is 39.5 Å². The first-order valence-electron chi connectivity index (χ1n) is 4.39. The highest BCUT2D eigenvalue weighted by atomic mass is 19.4. The minimum atomic E-state index is -6.48. The van der Waals surface area contributed by atoms with E-state index in [1.165, 1.54) is 0 Å². The van der Waals surface area contributed by atoms with Gasteiger partial charge in [-0.05, 0) is 6.07 Å². The molecule has 0 fully saturated rings. The topological polar surface area (TPSA) is 26.0 Å². The summed E-state index contributed by atoms with van der Waals surface area (Å²) in [5.74, 6) is -17.8. The quantitative estimate of drug-likeness (QED) is 0.505. The van der Waals surface area contributed by atoms with E-state index >= 15 is 0 Å². The monoisotopic (exact) mass is 297 g/mol. The molecule has 2 N–H and O–H groups in total. The molecule has 19 heavy (non-hydrogen) atoms. The molecule has 1 aromatic carbocycles. The minimum Gasteiger partial charge on any atom is -0.290 e. The number of benzene rings is 1. The maximum Gasteiger partial charge on any atom is 0.458 e. The van der Waals surface area contributed by atoms with Crippen molar-refractivity contribution in [1.82, 2.24) is 0 Å². The fourth-order valence-corrected chi connectivity index (χ4v) is 1.20. The zero-order valence-electron chi connectivity index (χ0n) is 8.63. The van der Waals surface area contributed by atoms with E-state index in [0.717, 1.165) is 0 Å². The van der Waals surface area contributed by atoms with Crippen LogP contribution in [0.1, 0.15) is 5.56 Å². The second kappa shape index (κ2) is 4.29. The molecule has 0 bridgehead atoms. The highest BCUT2D eigenvalue weighted by Crippen LogP contribution is 2.48. The van der Waals surface area contributed by atoms with E-state index in [-0.39, 0.29) is 12.1 Å². The molecule has 0 aliphatic rings. The summed E-state index contributed by atoms with van der Waals surface area (Å²) in [7, 11) is 0. The predicted molar refractivity (Wildman–Crippen MR) is 44.3 cm³/mol. The molecule has 0 aliphatic heterocycles. The van der Waals surface area contributed by atoms with Gasteiger partial charge in [-0.1, -0.05) is 0 Å². The van der Waals surface area contributed by atoms with Gasteiger partial charge in [0.05, 0.1) is 5.56 Å². The van der Waals surface area contributed by atoms with Gasteiger partial charge in [-0.15, -0.1) is 0 Å². The number of alkyl halides is 6. The number of nitrogens with two attached hydrogens (primary N) is 1. The molecule has 0 radical (unpaired) electrons. The lowest BCUT2D eigenvalue weighted by molar-refractivity contribution is -0.330. The van der Waals surface area contributed by atoms with E-state index in [9.17, 15) is 39.5 Å². The fourth-order valence-electron chi connectivity index (χ4n) is 1.20. The molecule has 1 rings (SSSR count). The van der Waals surface area contributed by atoms with E-state index in [2.05, 4.69) is 5.73 Å². The van der Waals surface area contributed by atoms with Crippen LogP contribution in [0.5, 0.6) is 0 Å². The Morgan fingerprint density at radius 2 is 1.32 bits per heavy atom. The molecule has 0 saturated heterocycles. The number of rotatable bonds is 2. The first kappa shape index (κ1) is 15.6. The van der Waals surface area contributed by atoms with E-state index in [0.29, 0.717) is 0 Å². The molecule has 10 heteroatoms. The third-order valence-corrected chi connectivity index (χ3v) is 2.20. The van der Waals surface area contributed by atoms with Crippen molar-refractivity contribution >= 4 is 0 Å². The van der Waals surface area contributed by atoms with Crippen molar-refractivity contribution in [3.8, 4) is 0 Å². The molecule has 0 spiro atoms. The lowest BCUT2D eigenvalue weighted by Crippen LogP contribution is -2.58. The Labute approximate surface area is 99.4 Å². The SMILES string of the molecule is NC(F)(c1cc(F)cc(F)c1F)C(F)(F)C(F)(F)F. The second-order valence-electron chi connectivity index (χ2n) is 3.53. The van der Waals surface area contributed by atoms with Crippen molar-refractivity contribution in [3.05, 3.63) is 35.1 Å². The molecule has 0 aromatic heterocycles. The molecule has 0 amide bonds. The first-order chi connectivity index (χ1) is 8.32. The normalized spacial score (nSPS) is 16.3. The molecule has 1 unspecified atom stereocenters. The van der Waals surface area contributed by atoms with Gasteiger partial charge in [0, 0.05) is 6.07 Å². The maximum absolute atomic E-state index is 13.5. The molecular weight excluding hydrogens is 293 g/mol. The first-order valence-corrected chi connectivity index (χ1v) is 4.39. The third-order valence-electron chi connectivity index (χ3n) is 2.20. The Kier molecular flexibility index (Phi) is 3.52. The summed E-state index contributed by atoms with van der Waals surface area (Å²) in [4.78, 5) is 0. The van der Waals surface area contributed by atoms with Crippen LogP contribution in [-0.4, -0.2) is 12.1 Å². The van der Waals surface area contributed by atoms with E-state index in [4.69, 9.17) is 0 Å². The van der Waals surface area contributed by atoms with Crippen molar-refractivity contribution in [2.75, 3.05) is 0 Å². The fraction of sp³-hybridized carbons (Fsp3) is 0.333. The zero-order chi connectivity index (χ0) is 15.2. The molecule has 0 saturated carbocycles. The second-order valence-corrected chi connectivity index (χ2v) is 3.53. The lowest BCUT2D eigenvalue weighted by atomic mass is 9.97. The van der Waals surface area contributed by atoms with E-state index in [1.807, 2.05) is 0 Å². The molecule has 1 nitrogen and oxygen atoms in total. The van der Waals surface area contributed by atoms with Crippen molar-refractivity contribution in [2.24, 2.45) is 5.73 Å². The molecule has 1 aromatic rings. The minimum absolute atomic E-state index is 0.166. The summed E-state index contributed by atoms with van der Waals surface area (Å²) >= 11 is 0. The number of hydrogen-bond donors (Lipinski definition) is 1. The Morgan fingerprint density at radius 1 is 0.842 bits per heavy atom. The van der Waals surface area contributed by atoms with Crippen LogP contribution in [0.25, 0.3) is 0 Å². The van der Waals surface area contributed by atoms with Gasteiger partial charge in [0.15, 0.2) is 11.6 Å². The Hall–Kier alpha value is -1.45. The van der Waals surface area contributed by atoms with Crippen LogP contribution in [0.2, 0.25) is 0 Å². The molecular formula is C9H4F9N. The van der Waals surface area contributed by atoms with Gasteiger partial charge in [-0.2, -0.15) is 22.0 Å². The average molecular weight is 297 g/mol. The van der Waals surface area contributed by atoms with Crippen LogP contribution in [0.15, 0.2) is 12.1 Å². The van der Waals surface area contributed by atoms with Crippen molar-refractivity contribution in [3.63, 3.8) is 0 Å². The van der Waals surface area contributed by atoms with Crippen molar-refractivity contribution in [1.29, 1.82) is 0 Å². The molecule has 1 atom stereocenters. The van der Waals surface area contributed by atoms with Gasteiger partial charge in [0.2, 0.25) is 0 Å². The highest BCUT2D eigenvalue weighted by Gasteiger charge is 2.71. The van der Waals surface area contributed by atoms with Crippen LogP contribution < -0.4 is 5.73 Å². The summed E-state index contributed by atoms with van der Waals surface area (Å²) < 4.78 is 113. The Morgan fingerprint density at radius 3 is 1.74 bits per heavy atom. The van der Waals surface area contributed by atoms with Gasteiger partial charge >= 0.3 is 12.1 Å². The van der Waals surface area contributed by atoms with Crippen LogP contribution in [0, 0.1) is 17.5 Å². The van der Waals surface area contributed by atoms with E-state index < -0.39 is 40.9 Å². The highest BCUT2D eigenvalue weighted by molar-refractivity contribution is 5.28. The van der Waals surface area contributed by atoms with Crippen LogP contribution in [0.3, 0.4) is 0 Å². The smallest absolute Gasteiger partial charge is 0.290 e. The average Bonchev–Trinajstić information content (AvgIpc) is 2.21. The summed E-state index contributed by atoms with van der Waals surface area (Å²) in [6.07, 6.45) is -6.48. The Bertz CT molecular complexity index is 491. The summed E-state index contributed by atoms with van der Waals surface area (Å²) in [5.41, 5.74) is 1.86. The van der Waals surface area contributed by atoms with Crippen molar-refractivity contribution in [2.45, 2.75) is 17.9 Å². The van der Waals surface area contributed by atoms with Gasteiger partial charge in [0.1, 0.15) is 5.82 Å². The standard InChI is InChI=1S/C9H4F9N/c10-3-1-4(6(12)5(11)2-3)7(13,19)8(14,15)9(16,17)18/h1-2H,19H2.